The van der Waals surface area contributed by atoms with E-state index in [2.05, 4.69) is 19.2 Å². The van der Waals surface area contributed by atoms with Gasteiger partial charge < -0.3 is 11.1 Å². The fourth-order valence-electron chi connectivity index (χ4n) is 1.24. The van der Waals surface area contributed by atoms with E-state index in [1.807, 2.05) is 18.7 Å². The molecule has 15 heavy (non-hydrogen) atoms. The molecule has 90 valence electrons. The number of amides is 1. The van der Waals surface area contributed by atoms with Crippen LogP contribution in [0, 0.1) is 0 Å². The van der Waals surface area contributed by atoms with Crippen LogP contribution in [0.5, 0.6) is 0 Å². The van der Waals surface area contributed by atoms with Crippen molar-refractivity contribution < 1.29 is 4.79 Å². The number of hydrogen-bond acceptors (Lipinski definition) is 3. The Morgan fingerprint density at radius 1 is 1.47 bits per heavy atom. The molecule has 0 aliphatic rings. The van der Waals surface area contributed by atoms with Gasteiger partial charge >= 0.3 is 0 Å². The smallest absolute Gasteiger partial charge is 0.237 e. The fourth-order valence-corrected chi connectivity index (χ4v) is 1.91. The monoisotopic (exact) mass is 232 g/mol. The molecule has 0 rings (SSSR count). The summed E-state index contributed by atoms with van der Waals surface area (Å²) in [6.45, 7) is 6.24. The minimum Gasteiger partial charge on any atom is -0.351 e. The molecule has 1 amide bonds. The average Bonchev–Trinajstić information content (AvgIpc) is 2.22. The van der Waals surface area contributed by atoms with Crippen molar-refractivity contribution in [2.75, 3.05) is 11.5 Å². The van der Waals surface area contributed by atoms with Crippen LogP contribution in [0.15, 0.2) is 0 Å². The van der Waals surface area contributed by atoms with Crippen LogP contribution in [0.1, 0.15) is 40.0 Å². The van der Waals surface area contributed by atoms with Gasteiger partial charge in [-0.2, -0.15) is 11.8 Å². The van der Waals surface area contributed by atoms with E-state index in [4.69, 9.17) is 5.73 Å². The summed E-state index contributed by atoms with van der Waals surface area (Å²) in [7, 11) is 0. The quantitative estimate of drug-likeness (QED) is 0.670. The Balaban J connectivity index is 3.70. The maximum absolute atomic E-state index is 11.6. The van der Waals surface area contributed by atoms with E-state index in [0.717, 1.165) is 30.8 Å². The summed E-state index contributed by atoms with van der Waals surface area (Å²) in [5.41, 5.74) is 5.76. The fraction of sp³-hybridized carbons (Fsp3) is 0.909. The van der Waals surface area contributed by atoms with Crippen molar-refractivity contribution in [2.24, 2.45) is 5.73 Å². The van der Waals surface area contributed by atoms with E-state index in [0.29, 0.717) is 0 Å². The van der Waals surface area contributed by atoms with Gasteiger partial charge in [0.25, 0.3) is 0 Å². The van der Waals surface area contributed by atoms with Crippen molar-refractivity contribution in [3.63, 3.8) is 0 Å². The number of carbonyl (C=O) groups is 1. The molecule has 0 spiro atoms. The first kappa shape index (κ1) is 14.8. The molecule has 2 atom stereocenters. The second-order valence-corrected chi connectivity index (χ2v) is 5.14. The largest absolute Gasteiger partial charge is 0.351 e. The van der Waals surface area contributed by atoms with E-state index in [9.17, 15) is 4.79 Å². The number of nitrogens with two attached hydrogens (primary N) is 1. The van der Waals surface area contributed by atoms with E-state index in [1.165, 1.54) is 0 Å². The summed E-state index contributed by atoms with van der Waals surface area (Å²) >= 11 is 1.83. The molecular weight excluding hydrogens is 208 g/mol. The standard InChI is InChI=1S/C11H24N2OS/c1-4-6-7-10(12)11(14)13-9(3)8-15-5-2/h9-10H,4-8,12H2,1-3H3,(H,13,14)/t9?,10-/m0/s1. The van der Waals surface area contributed by atoms with Gasteiger partial charge in [-0.15, -0.1) is 0 Å². The maximum atomic E-state index is 11.6. The molecular formula is C11H24N2OS. The van der Waals surface area contributed by atoms with E-state index < -0.39 is 0 Å². The van der Waals surface area contributed by atoms with Crippen LogP contribution in [0.4, 0.5) is 0 Å². The zero-order chi connectivity index (χ0) is 11.7. The van der Waals surface area contributed by atoms with Crippen LogP contribution >= 0.6 is 11.8 Å². The molecule has 0 bridgehead atoms. The predicted octanol–water partition coefficient (Wildman–Crippen LogP) is 1.76. The highest BCUT2D eigenvalue weighted by Crippen LogP contribution is 2.03. The molecule has 0 saturated carbocycles. The van der Waals surface area contributed by atoms with Crippen molar-refractivity contribution in [1.82, 2.24) is 5.32 Å². The van der Waals surface area contributed by atoms with Crippen molar-refractivity contribution >= 4 is 17.7 Å². The van der Waals surface area contributed by atoms with Crippen molar-refractivity contribution in [3.8, 4) is 0 Å². The highest BCUT2D eigenvalue weighted by Gasteiger charge is 2.14. The molecule has 1 unspecified atom stereocenters. The van der Waals surface area contributed by atoms with Crippen LogP contribution in [0.2, 0.25) is 0 Å². The summed E-state index contributed by atoms with van der Waals surface area (Å²) in [6, 6.07) is -0.117. The van der Waals surface area contributed by atoms with Crippen molar-refractivity contribution in [1.29, 1.82) is 0 Å². The van der Waals surface area contributed by atoms with Crippen molar-refractivity contribution in [3.05, 3.63) is 0 Å². The molecule has 3 N–H and O–H groups in total. The second kappa shape index (κ2) is 9.04. The van der Waals surface area contributed by atoms with Gasteiger partial charge in [-0.05, 0) is 19.1 Å². The highest BCUT2D eigenvalue weighted by atomic mass is 32.2. The summed E-state index contributed by atoms with van der Waals surface area (Å²) in [5.74, 6) is 2.04. The van der Waals surface area contributed by atoms with Gasteiger partial charge in [0.15, 0.2) is 0 Å². The zero-order valence-corrected chi connectivity index (χ0v) is 10.9. The number of hydrogen-bond donors (Lipinski definition) is 2. The highest BCUT2D eigenvalue weighted by molar-refractivity contribution is 7.99. The predicted molar refractivity (Wildman–Crippen MR) is 68.1 cm³/mol. The normalized spacial score (nSPS) is 14.7. The first-order valence-corrected chi connectivity index (χ1v) is 6.90. The first-order valence-electron chi connectivity index (χ1n) is 5.75. The number of nitrogens with one attached hydrogen (secondary N) is 1. The van der Waals surface area contributed by atoms with Crippen LogP contribution in [-0.4, -0.2) is 29.5 Å². The van der Waals surface area contributed by atoms with Gasteiger partial charge in [0, 0.05) is 11.8 Å². The lowest BCUT2D eigenvalue weighted by molar-refractivity contribution is -0.122. The average molecular weight is 232 g/mol. The third-order valence-electron chi connectivity index (χ3n) is 2.17. The molecule has 0 radical (unpaired) electrons. The lowest BCUT2D eigenvalue weighted by Gasteiger charge is -2.16. The van der Waals surface area contributed by atoms with Crippen LogP contribution in [0.3, 0.4) is 0 Å². The molecule has 0 aromatic rings. The molecule has 0 fully saturated rings. The lowest BCUT2D eigenvalue weighted by atomic mass is 10.1. The Morgan fingerprint density at radius 2 is 2.13 bits per heavy atom. The molecule has 0 aliphatic heterocycles. The molecule has 0 heterocycles. The summed E-state index contributed by atoms with van der Waals surface area (Å²) in [4.78, 5) is 11.6. The minimum atomic E-state index is -0.334. The molecule has 4 heteroatoms. The zero-order valence-electron chi connectivity index (χ0n) is 10.1. The SMILES string of the molecule is CCCC[C@H](N)C(=O)NC(C)CSCC. The van der Waals surface area contributed by atoms with Crippen LogP contribution in [-0.2, 0) is 4.79 Å². The number of thioether (sulfide) groups is 1. The third-order valence-corrected chi connectivity index (χ3v) is 3.31. The number of carbonyl (C=O) groups excluding carboxylic acids is 1. The Kier molecular flexibility index (Phi) is 8.91. The van der Waals surface area contributed by atoms with E-state index in [1.54, 1.807) is 0 Å². The lowest BCUT2D eigenvalue weighted by Crippen LogP contribution is -2.45. The Labute approximate surface area is 97.6 Å². The Morgan fingerprint density at radius 3 is 2.67 bits per heavy atom. The van der Waals surface area contributed by atoms with Crippen LogP contribution in [0.25, 0.3) is 0 Å². The van der Waals surface area contributed by atoms with Gasteiger partial charge in [0.2, 0.25) is 5.91 Å². The van der Waals surface area contributed by atoms with E-state index >= 15 is 0 Å². The van der Waals surface area contributed by atoms with E-state index in [-0.39, 0.29) is 18.0 Å². The molecule has 0 saturated heterocycles. The second-order valence-electron chi connectivity index (χ2n) is 3.82. The van der Waals surface area contributed by atoms with Crippen LogP contribution < -0.4 is 11.1 Å². The molecule has 0 aromatic carbocycles. The van der Waals surface area contributed by atoms with Gasteiger partial charge in [-0.25, -0.2) is 0 Å². The van der Waals surface area contributed by atoms with Gasteiger partial charge in [0.1, 0.15) is 0 Å². The van der Waals surface area contributed by atoms with Gasteiger partial charge in [0.05, 0.1) is 6.04 Å². The van der Waals surface area contributed by atoms with Crippen molar-refractivity contribution in [2.45, 2.75) is 52.1 Å². The van der Waals surface area contributed by atoms with Gasteiger partial charge in [-0.3, -0.25) is 4.79 Å². The summed E-state index contributed by atoms with van der Waals surface area (Å²) < 4.78 is 0. The third kappa shape index (κ3) is 7.68. The molecule has 3 nitrogen and oxygen atoms in total. The molecule has 0 aromatic heterocycles. The number of unbranched alkanes of at least 4 members (excludes halogenated alkanes) is 1. The minimum absolute atomic E-state index is 0.00680. The maximum Gasteiger partial charge on any atom is 0.237 e. The Hall–Kier alpha value is -0.220. The first-order chi connectivity index (χ1) is 7.11. The Bertz CT molecular complexity index is 176. The topological polar surface area (TPSA) is 55.1 Å². The summed E-state index contributed by atoms with van der Waals surface area (Å²) in [6.07, 6.45) is 2.89. The van der Waals surface area contributed by atoms with Gasteiger partial charge in [-0.1, -0.05) is 26.7 Å². The number of rotatable bonds is 8. The molecule has 0 aliphatic carbocycles. The summed E-state index contributed by atoms with van der Waals surface area (Å²) in [5, 5.41) is 2.94.